The highest BCUT2D eigenvalue weighted by Gasteiger charge is 2.44. The third kappa shape index (κ3) is 6.47. The lowest BCUT2D eigenvalue weighted by atomic mass is 9.91. The van der Waals surface area contributed by atoms with Crippen molar-refractivity contribution in [3.63, 3.8) is 0 Å². The van der Waals surface area contributed by atoms with Gasteiger partial charge in [-0.2, -0.15) is 0 Å². The minimum atomic E-state index is -1.68. The molecule has 0 radical (unpaired) electrons. The molecule has 0 spiro atoms. The number of hydrogen-bond acceptors (Lipinski definition) is 4. The molecule has 0 aromatic carbocycles. The topological polar surface area (TPSA) is 47.9 Å². The molecular formula is C20H38O4Si. The first kappa shape index (κ1) is 21.1. The Morgan fingerprint density at radius 3 is 2.64 bits per heavy atom. The van der Waals surface area contributed by atoms with Gasteiger partial charge in [0.25, 0.3) is 0 Å². The van der Waals surface area contributed by atoms with Crippen molar-refractivity contribution < 1.29 is 19.0 Å². The summed E-state index contributed by atoms with van der Waals surface area (Å²) in [5.41, 5.74) is 0. The van der Waals surface area contributed by atoms with E-state index >= 15 is 0 Å². The third-order valence-corrected chi connectivity index (χ3v) is 8.21. The second-order valence-electron chi connectivity index (χ2n) is 8.79. The van der Waals surface area contributed by atoms with Gasteiger partial charge in [-0.05, 0) is 56.7 Å². The Bertz CT molecular complexity index is 407. The van der Waals surface area contributed by atoms with Gasteiger partial charge in [0, 0.05) is 25.6 Å². The number of aliphatic hydroxyl groups is 1. The number of rotatable bonds is 9. The summed E-state index contributed by atoms with van der Waals surface area (Å²) in [6, 6.07) is 1.16. The molecule has 1 N–H and O–H groups in total. The van der Waals surface area contributed by atoms with Crippen LogP contribution >= 0.6 is 0 Å². The van der Waals surface area contributed by atoms with Crippen LogP contribution in [-0.4, -0.2) is 45.1 Å². The van der Waals surface area contributed by atoms with Crippen molar-refractivity contribution in [3.8, 4) is 0 Å². The molecule has 1 unspecified atom stereocenters. The molecule has 5 atom stereocenters. The van der Waals surface area contributed by atoms with Crippen LogP contribution in [0.3, 0.4) is 0 Å². The predicted octanol–water partition coefficient (Wildman–Crippen LogP) is 4.35. The van der Waals surface area contributed by atoms with Crippen LogP contribution in [-0.2, 0) is 13.9 Å². The van der Waals surface area contributed by atoms with Gasteiger partial charge in [0.15, 0.2) is 14.6 Å². The summed E-state index contributed by atoms with van der Waals surface area (Å²) in [5, 5.41) is 10.6. The third-order valence-electron chi connectivity index (χ3n) is 5.47. The minimum absolute atomic E-state index is 0.0203. The normalized spacial score (nSPS) is 33.8. The Morgan fingerprint density at radius 1 is 1.28 bits per heavy atom. The lowest BCUT2D eigenvalue weighted by Gasteiger charge is -2.33. The van der Waals surface area contributed by atoms with Gasteiger partial charge in [0.05, 0.1) is 12.2 Å². The summed E-state index contributed by atoms with van der Waals surface area (Å²) in [6.45, 7) is 14.4. The molecule has 0 amide bonds. The van der Waals surface area contributed by atoms with E-state index in [1.165, 1.54) is 0 Å². The quantitative estimate of drug-likeness (QED) is 0.484. The zero-order valence-corrected chi connectivity index (χ0v) is 17.6. The summed E-state index contributed by atoms with van der Waals surface area (Å²) in [7, 11) is -1.68. The van der Waals surface area contributed by atoms with Crippen LogP contribution in [0.1, 0.15) is 46.0 Å². The molecule has 4 nitrogen and oxygen atoms in total. The van der Waals surface area contributed by atoms with Gasteiger partial charge in [0.1, 0.15) is 0 Å². The van der Waals surface area contributed by atoms with Crippen molar-refractivity contribution in [2.24, 2.45) is 17.8 Å². The van der Waals surface area contributed by atoms with Crippen LogP contribution in [0.15, 0.2) is 12.7 Å². The maximum atomic E-state index is 10.6. The second kappa shape index (κ2) is 9.65. The van der Waals surface area contributed by atoms with E-state index in [9.17, 15) is 5.11 Å². The van der Waals surface area contributed by atoms with Crippen molar-refractivity contribution in [2.75, 3.05) is 13.2 Å². The minimum Gasteiger partial charge on any atom is -0.417 e. The molecule has 2 fully saturated rings. The standard InChI is InChI=1S/C20H38O4Si/c1-6-9-16-17(13-23-25(4,5)14-15(2)3)19(12-18(16)21)24-20-10-7-8-11-22-20/h6,15-21H,1,7-14H2,2-5H3/t16-,17-,18-,19-,20?/m1/s1. The Morgan fingerprint density at radius 2 is 2.04 bits per heavy atom. The lowest BCUT2D eigenvalue weighted by Crippen LogP contribution is -2.39. The Kier molecular flexibility index (Phi) is 8.15. The summed E-state index contributed by atoms with van der Waals surface area (Å²) < 4.78 is 18.5. The van der Waals surface area contributed by atoms with E-state index in [0.717, 1.165) is 38.3 Å². The molecule has 0 bridgehead atoms. The van der Waals surface area contributed by atoms with Crippen molar-refractivity contribution in [2.45, 2.75) is 83.6 Å². The molecule has 1 saturated carbocycles. The van der Waals surface area contributed by atoms with E-state index in [-0.39, 0.29) is 30.3 Å². The van der Waals surface area contributed by atoms with E-state index < -0.39 is 8.32 Å². The first-order valence-electron chi connectivity index (χ1n) is 10.0. The van der Waals surface area contributed by atoms with Crippen LogP contribution in [0.4, 0.5) is 0 Å². The summed E-state index contributed by atoms with van der Waals surface area (Å²) >= 11 is 0. The van der Waals surface area contributed by atoms with E-state index in [1.54, 1.807) is 0 Å². The van der Waals surface area contributed by atoms with Crippen molar-refractivity contribution in [3.05, 3.63) is 12.7 Å². The maximum absolute atomic E-state index is 10.6. The molecule has 1 saturated heterocycles. The van der Waals surface area contributed by atoms with Gasteiger partial charge in [0.2, 0.25) is 0 Å². The molecule has 0 aromatic heterocycles. The fourth-order valence-corrected chi connectivity index (χ4v) is 7.17. The molecule has 2 aliphatic rings. The van der Waals surface area contributed by atoms with Crippen LogP contribution < -0.4 is 0 Å². The number of aliphatic hydroxyl groups excluding tert-OH is 1. The largest absolute Gasteiger partial charge is 0.417 e. The van der Waals surface area contributed by atoms with Crippen molar-refractivity contribution in [1.29, 1.82) is 0 Å². The fraction of sp³-hybridized carbons (Fsp3) is 0.900. The maximum Gasteiger partial charge on any atom is 0.186 e. The highest BCUT2D eigenvalue weighted by molar-refractivity contribution is 6.71. The Balaban J connectivity index is 1.99. The van der Waals surface area contributed by atoms with Crippen molar-refractivity contribution >= 4 is 8.32 Å². The van der Waals surface area contributed by atoms with Crippen LogP contribution in [0.2, 0.25) is 19.1 Å². The molecule has 146 valence electrons. The van der Waals surface area contributed by atoms with Gasteiger partial charge < -0.3 is 19.0 Å². The van der Waals surface area contributed by atoms with E-state index in [4.69, 9.17) is 13.9 Å². The van der Waals surface area contributed by atoms with Gasteiger partial charge in [-0.3, -0.25) is 0 Å². The Hall–Kier alpha value is -0.203. The van der Waals surface area contributed by atoms with Crippen molar-refractivity contribution in [1.82, 2.24) is 0 Å². The molecule has 5 heteroatoms. The monoisotopic (exact) mass is 370 g/mol. The van der Waals surface area contributed by atoms with E-state index in [1.807, 2.05) is 6.08 Å². The number of ether oxygens (including phenoxy) is 2. The smallest absolute Gasteiger partial charge is 0.186 e. The Labute approximate surface area is 155 Å². The second-order valence-corrected chi connectivity index (χ2v) is 13.0. The van der Waals surface area contributed by atoms with E-state index in [2.05, 4.69) is 33.5 Å². The fourth-order valence-electron chi connectivity index (χ4n) is 4.44. The van der Waals surface area contributed by atoms with Crippen LogP contribution in [0, 0.1) is 17.8 Å². The van der Waals surface area contributed by atoms with Crippen LogP contribution in [0.5, 0.6) is 0 Å². The highest BCUT2D eigenvalue weighted by Crippen LogP contribution is 2.39. The zero-order chi connectivity index (χ0) is 18.4. The first-order chi connectivity index (χ1) is 11.8. The molecule has 25 heavy (non-hydrogen) atoms. The zero-order valence-electron chi connectivity index (χ0n) is 16.6. The van der Waals surface area contributed by atoms with Gasteiger partial charge >= 0.3 is 0 Å². The first-order valence-corrected chi connectivity index (χ1v) is 13.1. The van der Waals surface area contributed by atoms with Gasteiger partial charge in [-0.1, -0.05) is 19.9 Å². The predicted molar refractivity (Wildman–Crippen MR) is 104 cm³/mol. The SMILES string of the molecule is C=CC[C@@H]1[C@@H](CO[Si](C)(C)CC(C)C)[C@H](OC2CCCCO2)C[C@H]1O. The highest BCUT2D eigenvalue weighted by atomic mass is 28.4. The van der Waals surface area contributed by atoms with Gasteiger partial charge in [-0.15, -0.1) is 6.58 Å². The van der Waals surface area contributed by atoms with Gasteiger partial charge in [-0.25, -0.2) is 0 Å². The average Bonchev–Trinajstić information content (AvgIpc) is 2.81. The molecule has 2 rings (SSSR count). The average molecular weight is 371 g/mol. The summed E-state index contributed by atoms with van der Waals surface area (Å²) in [4.78, 5) is 0. The molecule has 0 aromatic rings. The molecule has 1 heterocycles. The molecule has 1 aliphatic carbocycles. The van der Waals surface area contributed by atoms with Crippen LogP contribution in [0.25, 0.3) is 0 Å². The van der Waals surface area contributed by atoms with E-state index in [0.29, 0.717) is 18.9 Å². The summed E-state index contributed by atoms with van der Waals surface area (Å²) in [6.07, 6.45) is 6.21. The number of allylic oxidation sites excluding steroid dienone is 1. The lowest BCUT2D eigenvalue weighted by molar-refractivity contribution is -0.197. The molecular weight excluding hydrogens is 332 g/mol. The molecule has 1 aliphatic heterocycles. The summed E-state index contributed by atoms with van der Waals surface area (Å²) in [5.74, 6) is 1.05. The number of hydrogen-bond donors (Lipinski definition) is 1.